The van der Waals surface area contributed by atoms with Crippen LogP contribution < -0.4 is 10.6 Å². The highest BCUT2D eigenvalue weighted by Gasteiger charge is 2.08. The van der Waals surface area contributed by atoms with Gasteiger partial charge in [-0.05, 0) is 24.7 Å². The van der Waals surface area contributed by atoms with E-state index in [-0.39, 0.29) is 12.5 Å². The lowest BCUT2D eigenvalue weighted by Crippen LogP contribution is -2.29. The van der Waals surface area contributed by atoms with E-state index in [9.17, 15) is 4.79 Å². The second kappa shape index (κ2) is 9.13. The molecule has 1 aromatic rings. The van der Waals surface area contributed by atoms with Crippen molar-refractivity contribution < 1.29 is 4.79 Å². The van der Waals surface area contributed by atoms with Crippen molar-refractivity contribution in [3.05, 3.63) is 29.8 Å². The number of amides is 1. The number of carbonyl (C=O) groups is 1. The standard InChI is InChI=1S/C16H23N3O/c1-4-11-17-12-16(20)18-15-10-8-7-9-14(15)13-19(5-2)6-3/h1,7-10,17H,5-6,11-13H2,2-3H3,(H,18,20). The number of para-hydroxylation sites is 1. The quantitative estimate of drug-likeness (QED) is 0.559. The lowest BCUT2D eigenvalue weighted by Gasteiger charge is -2.20. The number of nitrogens with one attached hydrogen (secondary N) is 2. The fourth-order valence-corrected chi connectivity index (χ4v) is 1.91. The maximum atomic E-state index is 11.8. The Balaban J connectivity index is 2.65. The lowest BCUT2D eigenvalue weighted by atomic mass is 10.1. The average molecular weight is 273 g/mol. The predicted molar refractivity (Wildman–Crippen MR) is 83.4 cm³/mol. The Morgan fingerprint density at radius 1 is 1.30 bits per heavy atom. The first-order valence-corrected chi connectivity index (χ1v) is 6.95. The summed E-state index contributed by atoms with van der Waals surface area (Å²) < 4.78 is 0. The summed E-state index contributed by atoms with van der Waals surface area (Å²) in [4.78, 5) is 14.1. The van der Waals surface area contributed by atoms with Gasteiger partial charge in [-0.15, -0.1) is 6.42 Å². The Bertz CT molecular complexity index is 461. The molecule has 2 N–H and O–H groups in total. The molecule has 0 unspecified atom stereocenters. The Morgan fingerprint density at radius 2 is 2.00 bits per heavy atom. The van der Waals surface area contributed by atoms with Crippen LogP contribution in [0.4, 0.5) is 5.69 Å². The molecule has 1 amide bonds. The van der Waals surface area contributed by atoms with E-state index in [2.05, 4.69) is 35.3 Å². The van der Waals surface area contributed by atoms with E-state index in [0.717, 1.165) is 30.9 Å². The summed E-state index contributed by atoms with van der Waals surface area (Å²) in [5.74, 6) is 2.37. The lowest BCUT2D eigenvalue weighted by molar-refractivity contribution is -0.115. The van der Waals surface area contributed by atoms with Gasteiger partial charge in [-0.3, -0.25) is 15.0 Å². The number of nitrogens with zero attached hydrogens (tertiary/aromatic N) is 1. The van der Waals surface area contributed by atoms with Gasteiger partial charge in [0.05, 0.1) is 13.1 Å². The van der Waals surface area contributed by atoms with Crippen LogP contribution in [-0.4, -0.2) is 37.0 Å². The van der Waals surface area contributed by atoms with Crippen LogP contribution in [-0.2, 0) is 11.3 Å². The van der Waals surface area contributed by atoms with Gasteiger partial charge in [-0.25, -0.2) is 0 Å². The van der Waals surface area contributed by atoms with Crippen molar-refractivity contribution in [3.63, 3.8) is 0 Å². The normalized spacial score (nSPS) is 10.3. The third kappa shape index (κ3) is 5.43. The van der Waals surface area contributed by atoms with Crippen LogP contribution in [0.15, 0.2) is 24.3 Å². The van der Waals surface area contributed by atoms with Crippen LogP contribution in [0, 0.1) is 12.3 Å². The molecule has 0 aromatic heterocycles. The summed E-state index contributed by atoms with van der Waals surface area (Å²) in [5, 5.41) is 5.81. The predicted octanol–water partition coefficient (Wildman–Crippen LogP) is 1.69. The fourth-order valence-electron chi connectivity index (χ4n) is 1.91. The molecular formula is C16H23N3O. The molecule has 0 saturated heterocycles. The highest BCUT2D eigenvalue weighted by atomic mass is 16.1. The van der Waals surface area contributed by atoms with Gasteiger partial charge < -0.3 is 5.32 Å². The molecule has 0 aliphatic carbocycles. The zero-order valence-corrected chi connectivity index (χ0v) is 12.3. The third-order valence-electron chi connectivity index (χ3n) is 3.09. The SMILES string of the molecule is C#CCNCC(=O)Nc1ccccc1CN(CC)CC. The van der Waals surface area contributed by atoms with Crippen LogP contribution >= 0.6 is 0 Å². The molecule has 4 nitrogen and oxygen atoms in total. The Hall–Kier alpha value is -1.83. The van der Waals surface area contributed by atoms with Gasteiger partial charge in [0, 0.05) is 12.2 Å². The number of hydrogen-bond donors (Lipinski definition) is 2. The molecule has 0 fully saturated rings. The number of rotatable bonds is 8. The fraction of sp³-hybridized carbons (Fsp3) is 0.438. The maximum Gasteiger partial charge on any atom is 0.238 e. The van der Waals surface area contributed by atoms with Crippen LogP contribution in [0.5, 0.6) is 0 Å². The average Bonchev–Trinajstić information content (AvgIpc) is 2.46. The number of carbonyl (C=O) groups excluding carboxylic acids is 1. The molecule has 0 heterocycles. The number of hydrogen-bond acceptors (Lipinski definition) is 3. The molecule has 0 bridgehead atoms. The zero-order valence-electron chi connectivity index (χ0n) is 12.3. The molecular weight excluding hydrogens is 250 g/mol. The van der Waals surface area contributed by atoms with Crippen molar-refractivity contribution in [2.75, 3.05) is 31.5 Å². The van der Waals surface area contributed by atoms with Gasteiger partial charge in [0.2, 0.25) is 5.91 Å². The van der Waals surface area contributed by atoms with Crippen molar-refractivity contribution in [3.8, 4) is 12.3 Å². The van der Waals surface area contributed by atoms with Gasteiger partial charge in [-0.2, -0.15) is 0 Å². The van der Waals surface area contributed by atoms with Gasteiger partial charge in [0.1, 0.15) is 0 Å². The molecule has 0 aliphatic heterocycles. The molecule has 20 heavy (non-hydrogen) atoms. The zero-order chi connectivity index (χ0) is 14.8. The second-order valence-corrected chi connectivity index (χ2v) is 4.47. The van der Waals surface area contributed by atoms with Gasteiger partial charge in [0.15, 0.2) is 0 Å². The number of anilines is 1. The summed E-state index contributed by atoms with van der Waals surface area (Å²) in [6.07, 6.45) is 5.13. The van der Waals surface area contributed by atoms with E-state index >= 15 is 0 Å². The summed E-state index contributed by atoms with van der Waals surface area (Å²) in [6.45, 7) is 7.70. The van der Waals surface area contributed by atoms with Crippen molar-refractivity contribution in [2.24, 2.45) is 0 Å². The van der Waals surface area contributed by atoms with E-state index in [1.54, 1.807) is 0 Å². The van der Waals surface area contributed by atoms with Crippen LogP contribution in [0.25, 0.3) is 0 Å². The van der Waals surface area contributed by atoms with Gasteiger partial charge in [0.25, 0.3) is 0 Å². The minimum atomic E-state index is -0.0766. The molecule has 108 valence electrons. The van der Waals surface area contributed by atoms with Crippen molar-refractivity contribution in [2.45, 2.75) is 20.4 Å². The van der Waals surface area contributed by atoms with Gasteiger partial charge in [-0.1, -0.05) is 38.0 Å². The third-order valence-corrected chi connectivity index (χ3v) is 3.09. The summed E-state index contributed by atoms with van der Waals surface area (Å²) in [5.41, 5.74) is 1.99. The molecule has 1 aromatic carbocycles. The molecule has 4 heteroatoms. The summed E-state index contributed by atoms with van der Waals surface area (Å²) in [7, 11) is 0. The maximum absolute atomic E-state index is 11.8. The van der Waals surface area contributed by atoms with Crippen LogP contribution in [0.1, 0.15) is 19.4 Å². The summed E-state index contributed by atoms with van der Waals surface area (Å²) in [6, 6.07) is 7.89. The van der Waals surface area contributed by atoms with E-state index in [0.29, 0.717) is 6.54 Å². The second-order valence-electron chi connectivity index (χ2n) is 4.47. The highest BCUT2D eigenvalue weighted by molar-refractivity contribution is 5.93. The van der Waals surface area contributed by atoms with Crippen LogP contribution in [0.3, 0.4) is 0 Å². The molecule has 0 radical (unpaired) electrons. The number of benzene rings is 1. The Morgan fingerprint density at radius 3 is 2.65 bits per heavy atom. The first-order chi connectivity index (χ1) is 9.71. The first-order valence-electron chi connectivity index (χ1n) is 6.95. The van der Waals surface area contributed by atoms with Gasteiger partial charge >= 0.3 is 0 Å². The highest BCUT2D eigenvalue weighted by Crippen LogP contribution is 2.17. The minimum Gasteiger partial charge on any atom is -0.325 e. The van der Waals surface area contributed by atoms with Crippen LogP contribution in [0.2, 0.25) is 0 Å². The van der Waals surface area contributed by atoms with Crippen molar-refractivity contribution in [1.82, 2.24) is 10.2 Å². The number of terminal acetylenes is 1. The first kappa shape index (κ1) is 16.2. The monoisotopic (exact) mass is 273 g/mol. The topological polar surface area (TPSA) is 44.4 Å². The molecule has 0 atom stereocenters. The van der Waals surface area contributed by atoms with Crippen molar-refractivity contribution >= 4 is 11.6 Å². The Labute approximate surface area is 121 Å². The molecule has 1 rings (SSSR count). The largest absolute Gasteiger partial charge is 0.325 e. The summed E-state index contributed by atoms with van der Waals surface area (Å²) >= 11 is 0. The minimum absolute atomic E-state index is 0.0766. The van der Waals surface area contributed by atoms with E-state index in [1.165, 1.54) is 0 Å². The molecule has 0 aliphatic rings. The van der Waals surface area contributed by atoms with Crippen molar-refractivity contribution in [1.29, 1.82) is 0 Å². The van der Waals surface area contributed by atoms with E-state index in [4.69, 9.17) is 6.42 Å². The Kier molecular flexibility index (Phi) is 7.41. The van der Waals surface area contributed by atoms with E-state index < -0.39 is 0 Å². The van der Waals surface area contributed by atoms with E-state index in [1.807, 2.05) is 24.3 Å². The smallest absolute Gasteiger partial charge is 0.238 e. The molecule has 0 spiro atoms. The molecule has 0 saturated carbocycles.